The fraction of sp³-hybridized carbons (Fsp3) is 0.267. The summed E-state index contributed by atoms with van der Waals surface area (Å²) in [7, 11) is 0. The summed E-state index contributed by atoms with van der Waals surface area (Å²) >= 11 is 1.35. The zero-order valence-electron chi connectivity index (χ0n) is 11.9. The number of rotatable bonds is 4. The zero-order valence-corrected chi connectivity index (χ0v) is 12.7. The highest BCUT2D eigenvalue weighted by Crippen LogP contribution is 2.32. The molecule has 1 aliphatic heterocycles. The summed E-state index contributed by atoms with van der Waals surface area (Å²) in [6, 6.07) is 6.43. The van der Waals surface area contributed by atoms with Crippen molar-refractivity contribution in [2.24, 2.45) is 4.99 Å². The van der Waals surface area contributed by atoms with Crippen molar-refractivity contribution in [3.63, 3.8) is 0 Å². The molecule has 0 aliphatic carbocycles. The second-order valence-electron chi connectivity index (χ2n) is 4.34. The third-order valence-corrected chi connectivity index (χ3v) is 4.00. The van der Waals surface area contributed by atoms with E-state index in [4.69, 9.17) is 5.11 Å². The van der Waals surface area contributed by atoms with Crippen molar-refractivity contribution in [2.45, 2.75) is 13.8 Å². The molecule has 0 spiro atoms. The third-order valence-electron chi connectivity index (χ3n) is 2.95. The molecule has 0 bridgehead atoms. The summed E-state index contributed by atoms with van der Waals surface area (Å²) in [5.74, 6) is -1.02. The molecule has 1 amide bonds. The molecule has 1 aliphatic rings. The van der Waals surface area contributed by atoms with Gasteiger partial charge in [-0.25, -0.2) is 4.79 Å². The SMILES string of the molecule is CCN=C1SC(=Cc2ccc(C(=O)O)cc2)C(=O)N1CC. The number of hydrogen-bond acceptors (Lipinski definition) is 4. The molecule has 1 heterocycles. The predicted molar refractivity (Wildman–Crippen MR) is 84.3 cm³/mol. The minimum atomic E-state index is -0.963. The highest BCUT2D eigenvalue weighted by molar-refractivity contribution is 8.18. The van der Waals surface area contributed by atoms with Crippen molar-refractivity contribution in [1.29, 1.82) is 0 Å². The Hall–Kier alpha value is -2.08. The van der Waals surface area contributed by atoms with Crippen LogP contribution in [-0.2, 0) is 4.79 Å². The Balaban J connectivity index is 2.27. The van der Waals surface area contributed by atoms with Gasteiger partial charge in [0.1, 0.15) is 0 Å². The summed E-state index contributed by atoms with van der Waals surface area (Å²) in [6.45, 7) is 5.05. The van der Waals surface area contributed by atoms with Crippen LogP contribution in [0.2, 0.25) is 0 Å². The first kappa shape index (κ1) is 15.3. The van der Waals surface area contributed by atoms with Crippen LogP contribution in [-0.4, -0.2) is 40.1 Å². The van der Waals surface area contributed by atoms with E-state index in [1.165, 1.54) is 23.9 Å². The molecule has 2 rings (SSSR count). The van der Waals surface area contributed by atoms with E-state index in [9.17, 15) is 9.59 Å². The van der Waals surface area contributed by atoms with Gasteiger partial charge in [-0.1, -0.05) is 12.1 Å². The number of aliphatic imine (C=N–C) groups is 1. The smallest absolute Gasteiger partial charge is 0.335 e. The molecule has 0 saturated carbocycles. The van der Waals surface area contributed by atoms with Crippen molar-refractivity contribution in [2.75, 3.05) is 13.1 Å². The molecule has 1 saturated heterocycles. The zero-order chi connectivity index (χ0) is 15.4. The Morgan fingerprint density at radius 1 is 1.33 bits per heavy atom. The Morgan fingerprint density at radius 3 is 2.52 bits per heavy atom. The first-order valence-corrected chi connectivity index (χ1v) is 7.47. The van der Waals surface area contributed by atoms with E-state index in [1.807, 2.05) is 13.8 Å². The molecule has 1 N–H and O–H groups in total. The summed E-state index contributed by atoms with van der Waals surface area (Å²) in [6.07, 6.45) is 1.76. The topological polar surface area (TPSA) is 70.0 Å². The first-order chi connectivity index (χ1) is 10.1. The summed E-state index contributed by atoms with van der Waals surface area (Å²) < 4.78 is 0. The number of carbonyl (C=O) groups is 2. The lowest BCUT2D eigenvalue weighted by Crippen LogP contribution is -2.28. The number of carboxylic acids is 1. The highest BCUT2D eigenvalue weighted by atomic mass is 32.2. The van der Waals surface area contributed by atoms with Gasteiger partial charge in [-0.15, -0.1) is 0 Å². The van der Waals surface area contributed by atoms with E-state index < -0.39 is 5.97 Å². The first-order valence-electron chi connectivity index (χ1n) is 6.66. The molecule has 0 aromatic heterocycles. The molecule has 1 aromatic carbocycles. The van der Waals surface area contributed by atoms with Gasteiger partial charge < -0.3 is 5.11 Å². The largest absolute Gasteiger partial charge is 0.478 e. The van der Waals surface area contributed by atoms with Gasteiger partial charge >= 0.3 is 5.97 Å². The van der Waals surface area contributed by atoms with E-state index in [1.54, 1.807) is 23.1 Å². The van der Waals surface area contributed by atoms with Gasteiger partial charge in [0.2, 0.25) is 0 Å². The van der Waals surface area contributed by atoms with E-state index in [0.29, 0.717) is 18.0 Å². The van der Waals surface area contributed by atoms with Crippen LogP contribution in [0.3, 0.4) is 0 Å². The fourth-order valence-corrected chi connectivity index (χ4v) is 3.02. The third kappa shape index (κ3) is 3.33. The van der Waals surface area contributed by atoms with Gasteiger partial charge in [0, 0.05) is 13.1 Å². The minimum Gasteiger partial charge on any atom is -0.478 e. The average molecular weight is 304 g/mol. The standard InChI is InChI=1S/C15H16N2O3S/c1-3-16-15-17(4-2)13(18)12(21-15)9-10-5-7-11(8-6-10)14(19)20/h5-9H,3-4H2,1-2H3,(H,19,20). The minimum absolute atomic E-state index is 0.0583. The summed E-state index contributed by atoms with van der Waals surface area (Å²) in [4.78, 5) is 29.6. The van der Waals surface area contributed by atoms with Gasteiger partial charge in [0.25, 0.3) is 5.91 Å². The molecule has 0 unspecified atom stereocenters. The second-order valence-corrected chi connectivity index (χ2v) is 5.35. The molecular weight excluding hydrogens is 288 g/mol. The van der Waals surface area contributed by atoms with Crippen molar-refractivity contribution in [1.82, 2.24) is 4.90 Å². The lowest BCUT2D eigenvalue weighted by molar-refractivity contribution is -0.122. The number of aromatic carboxylic acids is 1. The number of thioether (sulfide) groups is 1. The van der Waals surface area contributed by atoms with Crippen LogP contribution < -0.4 is 0 Å². The van der Waals surface area contributed by atoms with Crippen molar-refractivity contribution < 1.29 is 14.7 Å². The van der Waals surface area contributed by atoms with Crippen molar-refractivity contribution in [3.8, 4) is 0 Å². The molecule has 1 fully saturated rings. The average Bonchev–Trinajstić information content (AvgIpc) is 2.75. The van der Waals surface area contributed by atoms with Gasteiger partial charge in [-0.05, 0) is 49.4 Å². The number of carbonyl (C=O) groups excluding carboxylic acids is 1. The van der Waals surface area contributed by atoms with Crippen LogP contribution in [0.5, 0.6) is 0 Å². The number of hydrogen-bond donors (Lipinski definition) is 1. The number of likely N-dealkylation sites (N-methyl/N-ethyl adjacent to an activating group) is 1. The lowest BCUT2D eigenvalue weighted by atomic mass is 10.1. The van der Waals surface area contributed by atoms with Crippen LogP contribution in [0.25, 0.3) is 6.08 Å². The van der Waals surface area contributed by atoms with E-state index >= 15 is 0 Å². The van der Waals surface area contributed by atoms with Gasteiger partial charge in [-0.3, -0.25) is 14.7 Å². The normalized spacial score (nSPS) is 18.8. The monoisotopic (exact) mass is 304 g/mol. The maximum atomic E-state index is 12.3. The molecule has 21 heavy (non-hydrogen) atoms. The predicted octanol–water partition coefficient (Wildman–Crippen LogP) is 2.70. The molecule has 1 aromatic rings. The Labute approximate surface area is 127 Å². The number of amidine groups is 1. The number of carboxylic acid groups (broad SMARTS) is 1. The lowest BCUT2D eigenvalue weighted by Gasteiger charge is -2.11. The van der Waals surface area contributed by atoms with Crippen LogP contribution in [0.4, 0.5) is 0 Å². The van der Waals surface area contributed by atoms with E-state index in [0.717, 1.165) is 10.7 Å². The molecule has 0 radical (unpaired) electrons. The molecule has 5 nitrogen and oxygen atoms in total. The van der Waals surface area contributed by atoms with E-state index in [2.05, 4.69) is 4.99 Å². The summed E-state index contributed by atoms with van der Waals surface area (Å²) in [5.41, 5.74) is 1.02. The number of amides is 1. The fourth-order valence-electron chi connectivity index (χ4n) is 1.91. The maximum absolute atomic E-state index is 12.3. The Morgan fingerprint density at radius 2 is 2.00 bits per heavy atom. The Bertz CT molecular complexity index is 620. The Kier molecular flexibility index (Phi) is 4.80. The highest BCUT2D eigenvalue weighted by Gasteiger charge is 2.31. The van der Waals surface area contributed by atoms with E-state index in [-0.39, 0.29) is 11.5 Å². The summed E-state index contributed by atoms with van der Waals surface area (Å²) in [5, 5.41) is 9.59. The van der Waals surface area contributed by atoms with Crippen LogP contribution in [0.1, 0.15) is 29.8 Å². The molecular formula is C15H16N2O3S. The van der Waals surface area contributed by atoms with Gasteiger partial charge in [-0.2, -0.15) is 0 Å². The molecule has 6 heteroatoms. The van der Waals surface area contributed by atoms with Gasteiger partial charge in [0.15, 0.2) is 5.17 Å². The van der Waals surface area contributed by atoms with Crippen LogP contribution >= 0.6 is 11.8 Å². The van der Waals surface area contributed by atoms with Crippen LogP contribution in [0, 0.1) is 0 Å². The van der Waals surface area contributed by atoms with Gasteiger partial charge in [0.05, 0.1) is 10.5 Å². The maximum Gasteiger partial charge on any atom is 0.335 e. The molecule has 0 atom stereocenters. The van der Waals surface area contributed by atoms with Crippen LogP contribution in [0.15, 0.2) is 34.2 Å². The quantitative estimate of drug-likeness (QED) is 0.868. The van der Waals surface area contributed by atoms with Crippen molar-refractivity contribution >= 4 is 34.9 Å². The van der Waals surface area contributed by atoms with Crippen molar-refractivity contribution in [3.05, 3.63) is 40.3 Å². The second kappa shape index (κ2) is 6.58. The number of nitrogens with zero attached hydrogens (tertiary/aromatic N) is 2. The number of benzene rings is 1. The molecule has 110 valence electrons.